The van der Waals surface area contributed by atoms with Crippen LogP contribution in [0.1, 0.15) is 18.5 Å². The van der Waals surface area contributed by atoms with Crippen LogP contribution in [-0.2, 0) is 0 Å². The Bertz CT molecular complexity index is 875. The SMILES string of the molecule is C1=C(c2nc[nH]c3cnc4nccc4c23)C(C2CC2)NC1. The number of rotatable bonds is 2. The molecule has 1 aliphatic heterocycles. The Morgan fingerprint density at radius 1 is 1.14 bits per heavy atom. The molecule has 2 N–H and O–H groups in total. The van der Waals surface area contributed by atoms with Gasteiger partial charge in [0, 0.05) is 29.6 Å². The van der Waals surface area contributed by atoms with Crippen LogP contribution in [0.15, 0.2) is 30.9 Å². The predicted octanol–water partition coefficient (Wildman–Crippen LogP) is 2.27. The fourth-order valence-electron chi connectivity index (χ4n) is 3.40. The Balaban J connectivity index is 1.80. The Hall–Kier alpha value is -2.27. The van der Waals surface area contributed by atoms with Crippen LogP contribution in [0.25, 0.3) is 27.5 Å². The molecule has 1 unspecified atom stereocenters. The van der Waals surface area contributed by atoms with Crippen LogP contribution in [0.2, 0.25) is 0 Å². The lowest BCUT2D eigenvalue weighted by molar-refractivity contribution is 0.610. The van der Waals surface area contributed by atoms with Crippen molar-refractivity contribution in [2.24, 2.45) is 5.92 Å². The highest BCUT2D eigenvalue weighted by atomic mass is 15.0. The van der Waals surface area contributed by atoms with Crippen molar-refractivity contribution < 1.29 is 0 Å². The van der Waals surface area contributed by atoms with Crippen LogP contribution >= 0.6 is 0 Å². The van der Waals surface area contributed by atoms with Gasteiger partial charge in [0.1, 0.15) is 0 Å². The zero-order valence-corrected chi connectivity index (χ0v) is 11.5. The zero-order chi connectivity index (χ0) is 13.8. The Kier molecular flexibility index (Phi) is 2.23. The fourth-order valence-corrected chi connectivity index (χ4v) is 3.40. The highest BCUT2D eigenvalue weighted by molar-refractivity contribution is 6.08. The van der Waals surface area contributed by atoms with Gasteiger partial charge in [-0.15, -0.1) is 0 Å². The maximum Gasteiger partial charge on any atom is 0.159 e. The maximum atomic E-state index is 4.66. The van der Waals surface area contributed by atoms with E-state index in [1.54, 1.807) is 6.33 Å². The van der Waals surface area contributed by atoms with Crippen molar-refractivity contribution in [2.45, 2.75) is 18.9 Å². The van der Waals surface area contributed by atoms with Gasteiger partial charge in [-0.05, 0) is 30.4 Å². The standard InChI is InChI=1S/C16H15N5/c1-2-9(1)14-11(4-5-17-14)15-13-10-3-6-18-16(10)19-7-12(13)20-8-21-15/h3-4,6-9,14,17H,1-2,5H2,(H,20,21). The minimum Gasteiger partial charge on any atom is -0.345 e. The molecule has 21 heavy (non-hydrogen) atoms. The van der Waals surface area contributed by atoms with E-state index in [9.17, 15) is 0 Å². The molecule has 0 amide bonds. The lowest BCUT2D eigenvalue weighted by atomic mass is 9.98. The second-order valence-electron chi connectivity index (χ2n) is 5.86. The number of aromatic nitrogens is 4. The third-order valence-electron chi connectivity index (χ3n) is 4.55. The van der Waals surface area contributed by atoms with Crippen LogP contribution in [0, 0.1) is 5.92 Å². The minimum atomic E-state index is 0.453. The molecule has 5 rings (SSSR count). The van der Waals surface area contributed by atoms with Gasteiger partial charge in [0.05, 0.1) is 23.7 Å². The molecule has 3 aromatic rings. The summed E-state index contributed by atoms with van der Waals surface area (Å²) >= 11 is 0. The van der Waals surface area contributed by atoms with Gasteiger partial charge in [-0.1, -0.05) is 6.08 Å². The van der Waals surface area contributed by atoms with Crippen LogP contribution < -0.4 is 5.32 Å². The normalized spacial score (nSPS) is 22.1. The molecule has 0 radical (unpaired) electrons. The molecule has 4 heterocycles. The summed E-state index contributed by atoms with van der Waals surface area (Å²) in [6.45, 7) is 0.936. The summed E-state index contributed by atoms with van der Waals surface area (Å²) in [6, 6.07) is 2.48. The van der Waals surface area contributed by atoms with Crippen molar-refractivity contribution in [3.63, 3.8) is 0 Å². The zero-order valence-electron chi connectivity index (χ0n) is 11.5. The van der Waals surface area contributed by atoms with Gasteiger partial charge in [-0.2, -0.15) is 0 Å². The number of H-pyrrole nitrogens is 1. The van der Waals surface area contributed by atoms with E-state index in [1.165, 1.54) is 18.4 Å². The highest BCUT2D eigenvalue weighted by Crippen LogP contribution is 2.41. The van der Waals surface area contributed by atoms with Gasteiger partial charge in [0.25, 0.3) is 0 Å². The first kappa shape index (κ1) is 11.4. The molecule has 1 saturated carbocycles. The summed E-state index contributed by atoms with van der Waals surface area (Å²) in [4.78, 5) is 16.6. The molecule has 0 spiro atoms. The van der Waals surface area contributed by atoms with Crippen LogP contribution in [-0.4, -0.2) is 32.5 Å². The van der Waals surface area contributed by atoms with E-state index < -0.39 is 0 Å². The van der Waals surface area contributed by atoms with Gasteiger partial charge in [0.2, 0.25) is 0 Å². The van der Waals surface area contributed by atoms with Gasteiger partial charge >= 0.3 is 0 Å². The molecule has 0 saturated heterocycles. The van der Waals surface area contributed by atoms with Crippen molar-refractivity contribution in [2.75, 3.05) is 6.54 Å². The Labute approximate surface area is 121 Å². The molecule has 0 aromatic carbocycles. The van der Waals surface area contributed by atoms with Crippen molar-refractivity contribution in [1.82, 2.24) is 25.3 Å². The van der Waals surface area contributed by atoms with Crippen molar-refractivity contribution in [3.8, 4) is 0 Å². The number of aromatic amines is 1. The smallest absolute Gasteiger partial charge is 0.159 e. The maximum absolute atomic E-state index is 4.66. The summed E-state index contributed by atoms with van der Waals surface area (Å²) < 4.78 is 0. The molecule has 0 bridgehead atoms. The lowest BCUT2D eigenvalue weighted by Gasteiger charge is -2.16. The average Bonchev–Trinajstić information content (AvgIpc) is 3.06. The summed E-state index contributed by atoms with van der Waals surface area (Å²) in [5, 5.41) is 5.82. The molecular weight excluding hydrogens is 262 g/mol. The molecule has 1 aliphatic carbocycles. The second-order valence-corrected chi connectivity index (χ2v) is 5.86. The minimum absolute atomic E-state index is 0.453. The molecule has 1 atom stereocenters. The van der Waals surface area contributed by atoms with Crippen molar-refractivity contribution >= 4 is 27.5 Å². The van der Waals surface area contributed by atoms with E-state index in [4.69, 9.17) is 0 Å². The average molecular weight is 277 g/mol. The first-order valence-electron chi connectivity index (χ1n) is 7.42. The number of nitrogens with one attached hydrogen (secondary N) is 2. The largest absolute Gasteiger partial charge is 0.345 e. The Morgan fingerprint density at radius 2 is 2.10 bits per heavy atom. The van der Waals surface area contributed by atoms with Crippen LogP contribution in [0.3, 0.4) is 0 Å². The molecule has 104 valence electrons. The molecule has 5 nitrogen and oxygen atoms in total. The third-order valence-corrected chi connectivity index (χ3v) is 4.55. The van der Waals surface area contributed by atoms with E-state index in [0.717, 1.165) is 40.1 Å². The van der Waals surface area contributed by atoms with Crippen LogP contribution in [0.5, 0.6) is 0 Å². The highest BCUT2D eigenvalue weighted by Gasteiger charge is 2.36. The second kappa shape index (κ2) is 4.11. The van der Waals surface area contributed by atoms with Crippen molar-refractivity contribution in [1.29, 1.82) is 0 Å². The van der Waals surface area contributed by atoms with E-state index in [0.29, 0.717) is 6.04 Å². The lowest BCUT2D eigenvalue weighted by Crippen LogP contribution is -2.26. The van der Waals surface area contributed by atoms with Gasteiger partial charge < -0.3 is 10.3 Å². The summed E-state index contributed by atoms with van der Waals surface area (Å²) in [7, 11) is 0. The number of hydrogen-bond acceptors (Lipinski definition) is 4. The van der Waals surface area contributed by atoms with E-state index >= 15 is 0 Å². The summed E-state index contributed by atoms with van der Waals surface area (Å²) in [6.07, 6.45) is 10.4. The summed E-state index contributed by atoms with van der Waals surface area (Å²) in [5.41, 5.74) is 4.22. The molecule has 1 fully saturated rings. The number of hydrogen-bond donors (Lipinski definition) is 2. The quantitative estimate of drug-likeness (QED) is 0.754. The first-order valence-corrected chi connectivity index (χ1v) is 7.42. The number of nitrogens with zero attached hydrogens (tertiary/aromatic N) is 3. The van der Waals surface area contributed by atoms with Crippen LogP contribution in [0.4, 0.5) is 0 Å². The summed E-state index contributed by atoms with van der Waals surface area (Å²) in [5.74, 6) is 0.773. The molecule has 3 aromatic heterocycles. The molecular formula is C16H15N5. The molecule has 2 aliphatic rings. The fraction of sp³-hybridized carbons (Fsp3) is 0.312. The first-order chi connectivity index (χ1) is 10.4. The van der Waals surface area contributed by atoms with E-state index in [1.807, 2.05) is 18.5 Å². The monoisotopic (exact) mass is 277 g/mol. The predicted molar refractivity (Wildman–Crippen MR) is 81.7 cm³/mol. The van der Waals surface area contributed by atoms with E-state index in [-0.39, 0.29) is 0 Å². The Morgan fingerprint density at radius 3 is 3.00 bits per heavy atom. The third kappa shape index (κ3) is 1.64. The molecule has 5 heteroatoms. The van der Waals surface area contributed by atoms with Gasteiger partial charge in [0.15, 0.2) is 5.65 Å². The van der Waals surface area contributed by atoms with Gasteiger partial charge in [-0.25, -0.2) is 15.0 Å². The number of pyridine rings is 1. The van der Waals surface area contributed by atoms with Crippen molar-refractivity contribution in [3.05, 3.63) is 36.6 Å². The van der Waals surface area contributed by atoms with Gasteiger partial charge in [-0.3, -0.25) is 0 Å². The van der Waals surface area contributed by atoms with E-state index in [2.05, 4.69) is 31.3 Å². The number of fused-ring (bicyclic) bond motifs is 3. The topological polar surface area (TPSA) is 66.5 Å².